The molecule has 0 aromatic heterocycles. The van der Waals surface area contributed by atoms with Crippen LogP contribution in [0.1, 0.15) is 30.1 Å². The zero-order valence-electron chi connectivity index (χ0n) is 12.1. The van der Waals surface area contributed by atoms with Gasteiger partial charge >= 0.3 is 5.97 Å². The van der Waals surface area contributed by atoms with E-state index in [9.17, 15) is 18.3 Å². The van der Waals surface area contributed by atoms with Crippen molar-refractivity contribution in [2.75, 3.05) is 20.2 Å². The van der Waals surface area contributed by atoms with Crippen LogP contribution >= 0.6 is 0 Å². The normalized spacial score (nSPS) is 15.2. The molecule has 0 radical (unpaired) electrons. The van der Waals surface area contributed by atoms with Crippen LogP contribution < -0.4 is 4.74 Å². The number of benzene rings is 1. The van der Waals surface area contributed by atoms with Gasteiger partial charge in [-0.05, 0) is 43.9 Å². The lowest BCUT2D eigenvalue weighted by Gasteiger charge is -2.17. The van der Waals surface area contributed by atoms with Crippen molar-refractivity contribution in [2.45, 2.75) is 24.7 Å². The largest absolute Gasteiger partial charge is 0.493 e. The molecule has 0 unspecified atom stereocenters. The molecule has 1 aliphatic rings. The van der Waals surface area contributed by atoms with Crippen LogP contribution in [0.5, 0.6) is 5.75 Å². The topological polar surface area (TPSA) is 83.9 Å². The van der Waals surface area contributed by atoms with Crippen LogP contribution in [-0.2, 0) is 10.0 Å². The van der Waals surface area contributed by atoms with E-state index in [0.717, 1.165) is 18.9 Å². The Morgan fingerprint density at radius 3 is 2.62 bits per heavy atom. The average Bonchev–Trinajstić information content (AvgIpc) is 3.23. The first-order valence-electron chi connectivity index (χ1n) is 6.82. The molecule has 116 valence electrons. The molecule has 0 amide bonds. The Kier molecular flexibility index (Phi) is 4.53. The second-order valence-electron chi connectivity index (χ2n) is 5.13. The van der Waals surface area contributed by atoms with Gasteiger partial charge in [-0.15, -0.1) is 0 Å². The van der Waals surface area contributed by atoms with Crippen molar-refractivity contribution in [3.63, 3.8) is 0 Å². The second kappa shape index (κ2) is 6.03. The molecule has 0 heterocycles. The molecule has 0 aliphatic heterocycles. The third kappa shape index (κ3) is 3.54. The second-order valence-corrected chi connectivity index (χ2v) is 7.17. The number of nitrogens with zero attached hydrogens (tertiary/aromatic N) is 1. The molecular formula is C14H19NO5S. The predicted octanol–water partition coefficient (Wildman–Crippen LogP) is 1.81. The Bertz CT molecular complexity index is 637. The third-order valence-electron chi connectivity index (χ3n) is 3.40. The summed E-state index contributed by atoms with van der Waals surface area (Å²) in [5.41, 5.74) is -0.141. The maximum atomic E-state index is 12.4. The number of carbonyl (C=O) groups is 1. The van der Waals surface area contributed by atoms with Gasteiger partial charge in [0.1, 0.15) is 11.3 Å². The Morgan fingerprint density at radius 1 is 1.43 bits per heavy atom. The third-order valence-corrected chi connectivity index (χ3v) is 5.22. The van der Waals surface area contributed by atoms with E-state index >= 15 is 0 Å². The van der Waals surface area contributed by atoms with Gasteiger partial charge in [0, 0.05) is 13.6 Å². The molecule has 21 heavy (non-hydrogen) atoms. The van der Waals surface area contributed by atoms with Gasteiger partial charge in [0.25, 0.3) is 0 Å². The molecular weight excluding hydrogens is 294 g/mol. The van der Waals surface area contributed by atoms with Crippen LogP contribution in [-0.4, -0.2) is 44.0 Å². The average molecular weight is 313 g/mol. The summed E-state index contributed by atoms with van der Waals surface area (Å²) in [4.78, 5) is 11.2. The molecule has 0 spiro atoms. The number of carboxylic acids is 1. The smallest absolute Gasteiger partial charge is 0.339 e. The van der Waals surface area contributed by atoms with E-state index in [4.69, 9.17) is 4.74 Å². The number of aromatic carboxylic acids is 1. The van der Waals surface area contributed by atoms with Crippen LogP contribution in [0.25, 0.3) is 0 Å². The zero-order valence-corrected chi connectivity index (χ0v) is 12.9. The Morgan fingerprint density at radius 2 is 2.10 bits per heavy atom. The standard InChI is InChI=1S/C14H19NO5S/c1-3-20-13-7-6-11(8-12(13)14(16)17)21(18,19)15(2)9-10-4-5-10/h6-8,10H,3-5,9H2,1-2H3,(H,16,17). The van der Waals surface area contributed by atoms with E-state index < -0.39 is 16.0 Å². The number of ether oxygens (including phenoxy) is 1. The van der Waals surface area contributed by atoms with Crippen LogP contribution in [0.2, 0.25) is 0 Å². The summed E-state index contributed by atoms with van der Waals surface area (Å²) >= 11 is 0. The summed E-state index contributed by atoms with van der Waals surface area (Å²) in [5, 5.41) is 9.19. The number of hydrogen-bond donors (Lipinski definition) is 1. The van der Waals surface area contributed by atoms with Gasteiger partial charge in [-0.2, -0.15) is 0 Å². The summed E-state index contributed by atoms with van der Waals surface area (Å²) in [6.07, 6.45) is 2.09. The SMILES string of the molecule is CCOc1ccc(S(=O)(=O)N(C)CC2CC2)cc1C(=O)O. The highest BCUT2D eigenvalue weighted by atomic mass is 32.2. The lowest BCUT2D eigenvalue weighted by Crippen LogP contribution is -2.29. The van der Waals surface area contributed by atoms with Gasteiger partial charge in [-0.25, -0.2) is 17.5 Å². The van der Waals surface area contributed by atoms with E-state index in [1.54, 1.807) is 6.92 Å². The highest BCUT2D eigenvalue weighted by Gasteiger charge is 2.30. The molecule has 7 heteroatoms. The van der Waals surface area contributed by atoms with Crippen molar-refractivity contribution in [1.29, 1.82) is 0 Å². The molecule has 1 aromatic rings. The molecule has 2 rings (SSSR count). The molecule has 0 saturated heterocycles. The quantitative estimate of drug-likeness (QED) is 0.830. The summed E-state index contributed by atoms with van der Waals surface area (Å²) in [5.74, 6) is -0.611. The minimum atomic E-state index is -3.67. The lowest BCUT2D eigenvalue weighted by atomic mass is 10.2. The first-order valence-corrected chi connectivity index (χ1v) is 8.26. The minimum absolute atomic E-state index is 0.0218. The fourth-order valence-electron chi connectivity index (χ4n) is 2.06. The van der Waals surface area contributed by atoms with Crippen molar-refractivity contribution in [3.8, 4) is 5.75 Å². The molecule has 1 aromatic carbocycles. The monoisotopic (exact) mass is 313 g/mol. The lowest BCUT2D eigenvalue weighted by molar-refractivity contribution is 0.0692. The molecule has 1 saturated carbocycles. The number of carboxylic acid groups (broad SMARTS) is 1. The Hall–Kier alpha value is -1.60. The fourth-order valence-corrected chi connectivity index (χ4v) is 3.33. The zero-order chi connectivity index (χ0) is 15.6. The maximum absolute atomic E-state index is 12.4. The highest BCUT2D eigenvalue weighted by Crippen LogP contribution is 2.31. The first kappa shape index (κ1) is 15.8. The van der Waals surface area contributed by atoms with Crippen molar-refractivity contribution >= 4 is 16.0 Å². The molecule has 1 aliphatic carbocycles. The highest BCUT2D eigenvalue weighted by molar-refractivity contribution is 7.89. The summed E-state index contributed by atoms with van der Waals surface area (Å²) < 4.78 is 31.4. The fraction of sp³-hybridized carbons (Fsp3) is 0.500. The molecule has 0 atom stereocenters. The van der Waals surface area contributed by atoms with E-state index in [-0.39, 0.29) is 16.2 Å². The van der Waals surface area contributed by atoms with E-state index in [0.29, 0.717) is 19.1 Å². The van der Waals surface area contributed by atoms with Crippen molar-refractivity contribution < 1.29 is 23.1 Å². The Balaban J connectivity index is 2.34. The summed E-state index contributed by atoms with van der Waals surface area (Å²) in [6, 6.07) is 3.94. The van der Waals surface area contributed by atoms with Gasteiger partial charge in [-0.1, -0.05) is 0 Å². The van der Waals surface area contributed by atoms with E-state index in [1.807, 2.05) is 0 Å². The number of rotatable bonds is 7. The first-order chi connectivity index (χ1) is 9.86. The number of sulfonamides is 1. The van der Waals surface area contributed by atoms with Crippen molar-refractivity contribution in [1.82, 2.24) is 4.31 Å². The van der Waals surface area contributed by atoms with Gasteiger partial charge in [0.05, 0.1) is 11.5 Å². The summed E-state index contributed by atoms with van der Waals surface area (Å²) in [7, 11) is -2.15. The molecule has 1 fully saturated rings. The van der Waals surface area contributed by atoms with Crippen molar-refractivity contribution in [3.05, 3.63) is 23.8 Å². The molecule has 0 bridgehead atoms. The summed E-state index contributed by atoms with van der Waals surface area (Å²) in [6.45, 7) is 2.52. The Labute approximate surface area is 124 Å². The van der Waals surface area contributed by atoms with E-state index in [1.165, 1.54) is 23.5 Å². The van der Waals surface area contributed by atoms with Crippen LogP contribution in [0.4, 0.5) is 0 Å². The molecule has 1 N–H and O–H groups in total. The van der Waals surface area contributed by atoms with Gasteiger partial charge in [0.15, 0.2) is 0 Å². The van der Waals surface area contributed by atoms with Gasteiger partial charge in [0.2, 0.25) is 10.0 Å². The maximum Gasteiger partial charge on any atom is 0.339 e. The van der Waals surface area contributed by atoms with E-state index in [2.05, 4.69) is 0 Å². The van der Waals surface area contributed by atoms with Gasteiger partial charge in [-0.3, -0.25) is 0 Å². The van der Waals surface area contributed by atoms with Gasteiger partial charge < -0.3 is 9.84 Å². The molecule has 6 nitrogen and oxygen atoms in total. The predicted molar refractivity (Wildman–Crippen MR) is 77.1 cm³/mol. The van der Waals surface area contributed by atoms with Crippen LogP contribution in [0, 0.1) is 5.92 Å². The van der Waals surface area contributed by atoms with Crippen LogP contribution in [0.15, 0.2) is 23.1 Å². The minimum Gasteiger partial charge on any atom is -0.493 e. The van der Waals surface area contributed by atoms with Crippen molar-refractivity contribution in [2.24, 2.45) is 5.92 Å². The number of hydrogen-bond acceptors (Lipinski definition) is 4. The van der Waals surface area contributed by atoms with Crippen LogP contribution in [0.3, 0.4) is 0 Å².